The first-order valence-electron chi connectivity index (χ1n) is 8.05. The quantitative estimate of drug-likeness (QED) is 0.620. The van der Waals surface area contributed by atoms with Gasteiger partial charge in [0.25, 0.3) is 5.91 Å². The number of carbonyl (C=O) groups is 3. The summed E-state index contributed by atoms with van der Waals surface area (Å²) in [6.45, 7) is 0. The number of carbonyl (C=O) groups excluding carboxylic acids is 3. The lowest BCUT2D eigenvalue weighted by Gasteiger charge is -2.10. The van der Waals surface area contributed by atoms with Gasteiger partial charge in [-0.3, -0.25) is 15.0 Å². The fraction of sp³-hybridized carbons (Fsp3) is 0.167. The van der Waals surface area contributed by atoms with Crippen molar-refractivity contribution in [3.63, 3.8) is 0 Å². The SMILES string of the molecule is O=C(NNC(=O)c1ccc(NC(=O)C2CC2)cc1)Nc1ccc(Cl)cc1. The second kappa shape index (κ2) is 7.88. The summed E-state index contributed by atoms with van der Waals surface area (Å²) >= 11 is 5.77. The van der Waals surface area contributed by atoms with E-state index >= 15 is 0 Å². The first-order chi connectivity index (χ1) is 12.5. The smallest absolute Gasteiger partial charge is 0.326 e. The maximum Gasteiger partial charge on any atom is 0.337 e. The predicted molar refractivity (Wildman–Crippen MR) is 98.9 cm³/mol. The van der Waals surface area contributed by atoms with Crippen LogP contribution in [-0.4, -0.2) is 17.8 Å². The number of nitrogens with one attached hydrogen (secondary N) is 4. The maximum absolute atomic E-state index is 12.0. The number of urea groups is 1. The molecule has 1 aliphatic carbocycles. The van der Waals surface area contributed by atoms with Crippen LogP contribution < -0.4 is 21.5 Å². The summed E-state index contributed by atoms with van der Waals surface area (Å²) in [6.07, 6.45) is 1.85. The normalized spacial score (nSPS) is 12.8. The number of hydrogen-bond acceptors (Lipinski definition) is 3. The Balaban J connectivity index is 1.47. The lowest BCUT2D eigenvalue weighted by molar-refractivity contribution is -0.117. The van der Waals surface area contributed by atoms with Crippen molar-refractivity contribution in [2.24, 2.45) is 5.92 Å². The first kappa shape index (κ1) is 17.8. The summed E-state index contributed by atoms with van der Waals surface area (Å²) in [6, 6.07) is 12.4. The van der Waals surface area contributed by atoms with Gasteiger partial charge in [0.1, 0.15) is 0 Å². The molecule has 2 aromatic carbocycles. The molecule has 4 amide bonds. The number of anilines is 2. The third kappa shape index (κ3) is 4.97. The van der Waals surface area contributed by atoms with Crippen LogP contribution in [0, 0.1) is 5.92 Å². The van der Waals surface area contributed by atoms with Gasteiger partial charge >= 0.3 is 6.03 Å². The van der Waals surface area contributed by atoms with Crippen LogP contribution in [0.25, 0.3) is 0 Å². The van der Waals surface area contributed by atoms with Gasteiger partial charge < -0.3 is 10.6 Å². The molecule has 4 N–H and O–H groups in total. The second-order valence-electron chi connectivity index (χ2n) is 5.88. The van der Waals surface area contributed by atoms with Crippen LogP contribution in [0.2, 0.25) is 5.02 Å². The fourth-order valence-electron chi connectivity index (χ4n) is 2.18. The molecule has 0 heterocycles. The molecule has 0 atom stereocenters. The fourth-order valence-corrected chi connectivity index (χ4v) is 2.30. The number of halogens is 1. The molecule has 0 saturated heterocycles. The second-order valence-corrected chi connectivity index (χ2v) is 6.32. The molecule has 134 valence electrons. The summed E-state index contributed by atoms with van der Waals surface area (Å²) in [5, 5.41) is 5.90. The molecule has 8 heteroatoms. The average molecular weight is 373 g/mol. The Bertz CT molecular complexity index is 817. The molecule has 3 rings (SSSR count). The Labute approximate surface area is 155 Å². The molecule has 2 aromatic rings. The molecule has 7 nitrogen and oxygen atoms in total. The van der Waals surface area contributed by atoms with Gasteiger partial charge in [-0.05, 0) is 61.4 Å². The summed E-state index contributed by atoms with van der Waals surface area (Å²) in [5.74, 6) is -0.361. The first-order valence-corrected chi connectivity index (χ1v) is 8.43. The van der Waals surface area contributed by atoms with E-state index in [-0.39, 0.29) is 11.8 Å². The minimum Gasteiger partial charge on any atom is -0.326 e. The lowest BCUT2D eigenvalue weighted by Crippen LogP contribution is -2.43. The third-order valence-electron chi connectivity index (χ3n) is 3.75. The molecule has 0 bridgehead atoms. The van der Waals surface area contributed by atoms with Gasteiger partial charge in [0, 0.05) is 27.9 Å². The van der Waals surface area contributed by atoms with E-state index in [1.807, 2.05) is 0 Å². The van der Waals surface area contributed by atoms with Crippen molar-refractivity contribution in [2.45, 2.75) is 12.8 Å². The largest absolute Gasteiger partial charge is 0.337 e. The van der Waals surface area contributed by atoms with E-state index in [0.29, 0.717) is 22.0 Å². The number of benzene rings is 2. The van der Waals surface area contributed by atoms with Crippen molar-refractivity contribution in [3.8, 4) is 0 Å². The van der Waals surface area contributed by atoms with Crippen molar-refractivity contribution >= 4 is 40.8 Å². The Kier molecular flexibility index (Phi) is 5.38. The number of amides is 4. The topological polar surface area (TPSA) is 99.3 Å². The zero-order valence-corrected chi connectivity index (χ0v) is 14.5. The standard InChI is InChI=1S/C18H17ClN4O3/c19-13-5-9-15(10-6-13)21-18(26)23-22-17(25)12-3-7-14(8-4-12)20-16(24)11-1-2-11/h3-11H,1-2H2,(H,20,24)(H,22,25)(H2,21,23,26). The van der Waals surface area contributed by atoms with E-state index in [2.05, 4.69) is 21.5 Å². The molecule has 1 saturated carbocycles. The van der Waals surface area contributed by atoms with E-state index in [9.17, 15) is 14.4 Å². The van der Waals surface area contributed by atoms with E-state index in [1.165, 1.54) is 0 Å². The molecule has 0 radical (unpaired) electrons. The Morgan fingerprint density at radius 3 is 2.00 bits per heavy atom. The van der Waals surface area contributed by atoms with Gasteiger partial charge in [-0.2, -0.15) is 0 Å². The molecular weight excluding hydrogens is 356 g/mol. The average Bonchev–Trinajstić information content (AvgIpc) is 3.47. The van der Waals surface area contributed by atoms with Crippen LogP contribution in [0.3, 0.4) is 0 Å². The minimum absolute atomic E-state index is 0.00254. The predicted octanol–water partition coefficient (Wildman–Crippen LogP) is 3.16. The summed E-state index contributed by atoms with van der Waals surface area (Å²) in [4.78, 5) is 35.5. The minimum atomic E-state index is -0.589. The summed E-state index contributed by atoms with van der Waals surface area (Å²) in [7, 11) is 0. The lowest BCUT2D eigenvalue weighted by atomic mass is 10.2. The summed E-state index contributed by atoms with van der Waals surface area (Å²) in [5.41, 5.74) is 6.08. The number of rotatable bonds is 4. The maximum atomic E-state index is 12.0. The van der Waals surface area contributed by atoms with E-state index in [4.69, 9.17) is 11.6 Å². The zero-order valence-electron chi connectivity index (χ0n) is 13.7. The molecule has 1 aliphatic rings. The van der Waals surface area contributed by atoms with Crippen molar-refractivity contribution in [1.82, 2.24) is 10.9 Å². The van der Waals surface area contributed by atoms with Crippen LogP contribution >= 0.6 is 11.6 Å². The summed E-state index contributed by atoms with van der Waals surface area (Å²) < 4.78 is 0. The molecule has 1 fully saturated rings. The van der Waals surface area contributed by atoms with Gasteiger partial charge in [0.2, 0.25) is 5.91 Å². The Hall–Kier alpha value is -3.06. The van der Waals surface area contributed by atoms with Crippen LogP contribution in [-0.2, 0) is 4.79 Å². The van der Waals surface area contributed by atoms with Crippen molar-refractivity contribution in [3.05, 3.63) is 59.1 Å². The molecule has 26 heavy (non-hydrogen) atoms. The van der Waals surface area contributed by atoms with Crippen LogP contribution in [0.5, 0.6) is 0 Å². The van der Waals surface area contributed by atoms with Gasteiger partial charge in [0.15, 0.2) is 0 Å². The van der Waals surface area contributed by atoms with Gasteiger partial charge in [-0.15, -0.1) is 0 Å². The van der Waals surface area contributed by atoms with Gasteiger partial charge in [0.05, 0.1) is 0 Å². The van der Waals surface area contributed by atoms with Crippen LogP contribution in [0.15, 0.2) is 48.5 Å². The molecular formula is C18H17ClN4O3. The highest BCUT2D eigenvalue weighted by Gasteiger charge is 2.29. The third-order valence-corrected chi connectivity index (χ3v) is 4.01. The van der Waals surface area contributed by atoms with Gasteiger partial charge in [-0.1, -0.05) is 11.6 Å². The van der Waals surface area contributed by atoms with E-state index in [1.54, 1.807) is 48.5 Å². The van der Waals surface area contributed by atoms with Crippen LogP contribution in [0.1, 0.15) is 23.2 Å². The van der Waals surface area contributed by atoms with Crippen molar-refractivity contribution < 1.29 is 14.4 Å². The number of hydrogen-bond donors (Lipinski definition) is 4. The molecule has 0 unspecified atom stereocenters. The zero-order chi connectivity index (χ0) is 18.5. The van der Waals surface area contributed by atoms with Crippen LogP contribution in [0.4, 0.5) is 16.2 Å². The molecule has 0 aromatic heterocycles. The number of hydrazine groups is 1. The van der Waals surface area contributed by atoms with Crippen molar-refractivity contribution in [1.29, 1.82) is 0 Å². The van der Waals surface area contributed by atoms with Crippen molar-refractivity contribution in [2.75, 3.05) is 10.6 Å². The highest BCUT2D eigenvalue weighted by molar-refractivity contribution is 6.30. The Morgan fingerprint density at radius 2 is 1.38 bits per heavy atom. The highest BCUT2D eigenvalue weighted by atomic mass is 35.5. The Morgan fingerprint density at radius 1 is 0.808 bits per heavy atom. The van der Waals surface area contributed by atoms with E-state index < -0.39 is 11.9 Å². The van der Waals surface area contributed by atoms with Gasteiger partial charge in [-0.25, -0.2) is 10.2 Å². The monoisotopic (exact) mass is 372 g/mol. The molecule has 0 aliphatic heterocycles. The van der Waals surface area contributed by atoms with E-state index in [0.717, 1.165) is 12.8 Å². The highest BCUT2D eigenvalue weighted by Crippen LogP contribution is 2.30. The molecule has 0 spiro atoms.